The van der Waals surface area contributed by atoms with Crippen LogP contribution in [0.5, 0.6) is 0 Å². The number of nitrogens with zero attached hydrogens (tertiary/aromatic N) is 1. The second-order valence-corrected chi connectivity index (χ2v) is 6.01. The van der Waals surface area contributed by atoms with E-state index in [2.05, 4.69) is 11.8 Å². The van der Waals surface area contributed by atoms with Crippen LogP contribution in [0.15, 0.2) is 0 Å². The summed E-state index contributed by atoms with van der Waals surface area (Å²) in [6.07, 6.45) is 9.22. The van der Waals surface area contributed by atoms with Crippen LogP contribution in [-0.4, -0.2) is 42.8 Å². The predicted octanol–water partition coefficient (Wildman–Crippen LogP) is 2.15. The van der Waals surface area contributed by atoms with E-state index in [-0.39, 0.29) is 5.54 Å². The summed E-state index contributed by atoms with van der Waals surface area (Å²) in [4.78, 5) is 2.54. The van der Waals surface area contributed by atoms with Crippen molar-refractivity contribution in [2.45, 2.75) is 63.5 Å². The summed E-state index contributed by atoms with van der Waals surface area (Å²) in [6.45, 7) is 6.52. The lowest BCUT2D eigenvalue weighted by atomic mass is 9.80. The fraction of sp³-hybridized carbons (Fsp3) is 1.00. The van der Waals surface area contributed by atoms with E-state index in [1.54, 1.807) is 0 Å². The molecular weight excluding hydrogens is 212 g/mol. The fourth-order valence-corrected chi connectivity index (χ4v) is 3.17. The molecule has 17 heavy (non-hydrogen) atoms. The third-order valence-electron chi connectivity index (χ3n) is 4.31. The maximum Gasteiger partial charge on any atom is 0.0673 e. The van der Waals surface area contributed by atoms with Crippen LogP contribution in [-0.2, 0) is 4.74 Å². The van der Waals surface area contributed by atoms with Gasteiger partial charge >= 0.3 is 0 Å². The van der Waals surface area contributed by atoms with E-state index in [1.165, 1.54) is 51.5 Å². The van der Waals surface area contributed by atoms with Crippen LogP contribution in [0.2, 0.25) is 0 Å². The van der Waals surface area contributed by atoms with Gasteiger partial charge in [-0.3, -0.25) is 0 Å². The predicted molar refractivity (Wildman–Crippen MR) is 71.1 cm³/mol. The van der Waals surface area contributed by atoms with Crippen LogP contribution in [0.3, 0.4) is 0 Å². The molecule has 100 valence electrons. The highest BCUT2D eigenvalue weighted by Gasteiger charge is 2.28. The Kier molecular flexibility index (Phi) is 4.83. The molecular formula is C14H28N2O. The van der Waals surface area contributed by atoms with Gasteiger partial charge in [0.15, 0.2) is 0 Å². The maximum atomic E-state index is 6.49. The van der Waals surface area contributed by atoms with Crippen LogP contribution >= 0.6 is 0 Å². The SMILES string of the molecule is CC1CN(CCC2(N)CCCCC2)CCCO1. The van der Waals surface area contributed by atoms with E-state index in [0.29, 0.717) is 6.10 Å². The fourth-order valence-electron chi connectivity index (χ4n) is 3.17. The molecule has 0 aromatic rings. The van der Waals surface area contributed by atoms with E-state index in [4.69, 9.17) is 10.5 Å². The molecule has 3 nitrogen and oxygen atoms in total. The molecule has 1 saturated carbocycles. The van der Waals surface area contributed by atoms with Gasteiger partial charge in [-0.25, -0.2) is 0 Å². The van der Waals surface area contributed by atoms with E-state index in [9.17, 15) is 0 Å². The zero-order valence-corrected chi connectivity index (χ0v) is 11.3. The maximum absolute atomic E-state index is 6.49. The van der Waals surface area contributed by atoms with Crippen LogP contribution in [0, 0.1) is 0 Å². The van der Waals surface area contributed by atoms with E-state index >= 15 is 0 Å². The van der Waals surface area contributed by atoms with Gasteiger partial charge in [0.2, 0.25) is 0 Å². The van der Waals surface area contributed by atoms with Gasteiger partial charge in [0, 0.05) is 25.2 Å². The smallest absolute Gasteiger partial charge is 0.0673 e. The largest absolute Gasteiger partial charge is 0.377 e. The van der Waals surface area contributed by atoms with Crippen molar-refractivity contribution in [2.75, 3.05) is 26.2 Å². The molecule has 0 aromatic carbocycles. The standard InChI is InChI=1S/C14H28N2O/c1-13-12-16(9-5-11-17-13)10-8-14(15)6-3-2-4-7-14/h13H,2-12,15H2,1H3. The van der Waals surface area contributed by atoms with Crippen molar-refractivity contribution in [3.8, 4) is 0 Å². The van der Waals surface area contributed by atoms with Crippen LogP contribution < -0.4 is 5.73 Å². The lowest BCUT2D eigenvalue weighted by Crippen LogP contribution is -2.45. The Morgan fingerprint density at radius 2 is 2.00 bits per heavy atom. The second kappa shape index (κ2) is 6.17. The average molecular weight is 240 g/mol. The van der Waals surface area contributed by atoms with Gasteiger partial charge in [0.05, 0.1) is 6.10 Å². The Hall–Kier alpha value is -0.120. The van der Waals surface area contributed by atoms with Gasteiger partial charge in [-0.1, -0.05) is 19.3 Å². The molecule has 1 aliphatic heterocycles. The summed E-state index contributed by atoms with van der Waals surface area (Å²) < 4.78 is 5.68. The topological polar surface area (TPSA) is 38.5 Å². The molecule has 2 aliphatic rings. The van der Waals surface area contributed by atoms with Gasteiger partial charge in [0.25, 0.3) is 0 Å². The lowest BCUT2D eigenvalue weighted by molar-refractivity contribution is 0.0662. The number of rotatable bonds is 3. The van der Waals surface area contributed by atoms with Crippen molar-refractivity contribution >= 4 is 0 Å². The number of nitrogens with two attached hydrogens (primary N) is 1. The normalized spacial score (nSPS) is 31.1. The molecule has 0 amide bonds. The molecule has 0 radical (unpaired) electrons. The van der Waals surface area contributed by atoms with E-state index in [0.717, 1.165) is 19.7 Å². The first-order valence-corrected chi connectivity index (χ1v) is 7.31. The van der Waals surface area contributed by atoms with Gasteiger partial charge in [0.1, 0.15) is 0 Å². The minimum Gasteiger partial charge on any atom is -0.377 e. The summed E-state index contributed by atoms with van der Waals surface area (Å²) in [6, 6.07) is 0. The molecule has 1 aliphatic carbocycles. The third-order valence-corrected chi connectivity index (χ3v) is 4.31. The third kappa shape index (κ3) is 4.23. The Labute approximate surface area is 106 Å². The van der Waals surface area contributed by atoms with Crippen molar-refractivity contribution in [2.24, 2.45) is 5.73 Å². The first kappa shape index (κ1) is 13.3. The summed E-state index contributed by atoms with van der Waals surface area (Å²) in [5, 5.41) is 0. The van der Waals surface area contributed by atoms with Gasteiger partial charge < -0.3 is 15.4 Å². The van der Waals surface area contributed by atoms with Gasteiger partial charge in [-0.15, -0.1) is 0 Å². The average Bonchev–Trinajstić information content (AvgIpc) is 2.52. The molecule has 0 aromatic heterocycles. The Bertz CT molecular complexity index is 226. The molecule has 1 unspecified atom stereocenters. The molecule has 2 fully saturated rings. The number of hydrogen-bond donors (Lipinski definition) is 1. The van der Waals surface area contributed by atoms with Gasteiger partial charge in [-0.05, 0) is 39.2 Å². The van der Waals surface area contributed by atoms with Crippen molar-refractivity contribution in [3.05, 3.63) is 0 Å². The van der Waals surface area contributed by atoms with Crippen molar-refractivity contribution in [1.82, 2.24) is 4.90 Å². The van der Waals surface area contributed by atoms with Crippen molar-refractivity contribution in [1.29, 1.82) is 0 Å². The molecule has 0 bridgehead atoms. The number of ether oxygens (including phenoxy) is 1. The summed E-state index contributed by atoms with van der Waals surface area (Å²) >= 11 is 0. The van der Waals surface area contributed by atoms with Crippen molar-refractivity contribution < 1.29 is 4.74 Å². The highest BCUT2D eigenvalue weighted by atomic mass is 16.5. The summed E-state index contributed by atoms with van der Waals surface area (Å²) in [7, 11) is 0. The van der Waals surface area contributed by atoms with Crippen LogP contribution in [0.25, 0.3) is 0 Å². The summed E-state index contributed by atoms with van der Waals surface area (Å²) in [5.41, 5.74) is 6.63. The Balaban J connectivity index is 1.76. The van der Waals surface area contributed by atoms with Crippen LogP contribution in [0.4, 0.5) is 0 Å². The molecule has 1 saturated heterocycles. The molecule has 2 rings (SSSR count). The Morgan fingerprint density at radius 1 is 1.24 bits per heavy atom. The molecule has 3 heteroatoms. The zero-order chi connectivity index (χ0) is 12.1. The molecule has 0 spiro atoms. The van der Waals surface area contributed by atoms with Crippen molar-refractivity contribution in [3.63, 3.8) is 0 Å². The highest BCUT2D eigenvalue weighted by molar-refractivity contribution is 4.88. The number of hydrogen-bond acceptors (Lipinski definition) is 3. The first-order valence-electron chi connectivity index (χ1n) is 7.31. The van der Waals surface area contributed by atoms with E-state index < -0.39 is 0 Å². The molecule has 1 atom stereocenters. The Morgan fingerprint density at radius 3 is 2.76 bits per heavy atom. The van der Waals surface area contributed by atoms with Crippen LogP contribution in [0.1, 0.15) is 51.9 Å². The molecule has 2 N–H and O–H groups in total. The monoisotopic (exact) mass is 240 g/mol. The zero-order valence-electron chi connectivity index (χ0n) is 11.3. The summed E-state index contributed by atoms with van der Waals surface area (Å²) in [5.74, 6) is 0. The minimum atomic E-state index is 0.134. The minimum absolute atomic E-state index is 0.134. The highest BCUT2D eigenvalue weighted by Crippen LogP contribution is 2.28. The lowest BCUT2D eigenvalue weighted by Gasteiger charge is -2.35. The van der Waals surface area contributed by atoms with E-state index in [1.807, 2.05) is 0 Å². The molecule has 1 heterocycles. The first-order chi connectivity index (χ1) is 8.18. The van der Waals surface area contributed by atoms with Gasteiger partial charge in [-0.2, -0.15) is 0 Å². The second-order valence-electron chi connectivity index (χ2n) is 6.01. The quantitative estimate of drug-likeness (QED) is 0.821.